The van der Waals surface area contributed by atoms with Crippen LogP contribution in [0, 0.1) is 5.92 Å². The first-order valence-electron chi connectivity index (χ1n) is 8.88. The lowest BCUT2D eigenvalue weighted by Crippen LogP contribution is -2.53. The minimum atomic E-state index is -0.742. The van der Waals surface area contributed by atoms with Crippen LogP contribution in [0.4, 0.5) is 5.69 Å². The molecule has 26 heavy (non-hydrogen) atoms. The smallest absolute Gasteiger partial charge is 0.252 e. The predicted molar refractivity (Wildman–Crippen MR) is 105 cm³/mol. The molecule has 0 bridgehead atoms. The highest BCUT2D eigenvalue weighted by atomic mass is 35.5. The zero-order valence-electron chi connectivity index (χ0n) is 15.8. The topological polar surface area (TPSA) is 79.5 Å². The van der Waals surface area contributed by atoms with E-state index in [1.807, 2.05) is 38.1 Å². The van der Waals surface area contributed by atoms with Crippen molar-refractivity contribution in [1.82, 2.24) is 10.6 Å². The van der Waals surface area contributed by atoms with E-state index in [1.54, 1.807) is 7.11 Å². The summed E-state index contributed by atoms with van der Waals surface area (Å²) in [7, 11) is 1.59. The Bertz CT molecular complexity index is 601. The number of hydrogen-bond acceptors (Lipinski definition) is 4. The molecule has 2 amide bonds. The molecule has 146 valence electrons. The summed E-state index contributed by atoms with van der Waals surface area (Å²) in [6.45, 7) is 5.98. The Balaban J connectivity index is 0.00000338. The summed E-state index contributed by atoms with van der Waals surface area (Å²) in [5.41, 5.74) is 0.950. The largest absolute Gasteiger partial charge is 0.368 e. The van der Waals surface area contributed by atoms with E-state index in [2.05, 4.69) is 16.0 Å². The van der Waals surface area contributed by atoms with Gasteiger partial charge in [-0.05, 0) is 49.5 Å². The van der Waals surface area contributed by atoms with Crippen molar-refractivity contribution in [3.8, 4) is 0 Å². The van der Waals surface area contributed by atoms with Crippen LogP contribution in [0.2, 0.25) is 0 Å². The highest BCUT2D eigenvalue weighted by molar-refractivity contribution is 5.91. The Morgan fingerprint density at radius 1 is 1.27 bits per heavy atom. The lowest BCUT2D eigenvalue weighted by atomic mass is 9.91. The molecule has 1 saturated heterocycles. The molecule has 1 aliphatic heterocycles. The van der Waals surface area contributed by atoms with Crippen molar-refractivity contribution in [3.05, 3.63) is 29.8 Å². The average Bonchev–Trinajstić information content (AvgIpc) is 2.59. The molecule has 1 fully saturated rings. The number of halogens is 1. The molecule has 0 aromatic heterocycles. The van der Waals surface area contributed by atoms with Crippen LogP contribution < -0.4 is 16.0 Å². The first-order valence-corrected chi connectivity index (χ1v) is 8.88. The number of rotatable bonds is 7. The van der Waals surface area contributed by atoms with E-state index in [9.17, 15) is 9.59 Å². The van der Waals surface area contributed by atoms with E-state index in [4.69, 9.17) is 4.74 Å². The second-order valence-electron chi connectivity index (χ2n) is 6.98. The van der Waals surface area contributed by atoms with Crippen molar-refractivity contribution >= 4 is 29.9 Å². The number of hydrogen-bond donors (Lipinski definition) is 3. The fraction of sp³-hybridized carbons (Fsp3) is 0.579. The normalized spacial score (nSPS) is 15.8. The molecule has 0 spiro atoms. The number of methoxy groups -OCH3 is 1. The molecule has 2 rings (SSSR count). The molecule has 0 aliphatic carbocycles. The Labute approximate surface area is 161 Å². The first-order chi connectivity index (χ1) is 11.9. The van der Waals surface area contributed by atoms with E-state index >= 15 is 0 Å². The third-order valence-corrected chi connectivity index (χ3v) is 4.47. The van der Waals surface area contributed by atoms with E-state index < -0.39 is 5.60 Å². The molecule has 1 heterocycles. The Kier molecular flexibility index (Phi) is 9.05. The zero-order chi connectivity index (χ0) is 18.3. The van der Waals surface area contributed by atoms with E-state index in [1.165, 1.54) is 0 Å². The maximum absolute atomic E-state index is 12.6. The summed E-state index contributed by atoms with van der Waals surface area (Å²) < 4.78 is 5.53. The minimum absolute atomic E-state index is 0. The lowest BCUT2D eigenvalue weighted by molar-refractivity contribution is -0.146. The van der Waals surface area contributed by atoms with Crippen LogP contribution in [0.15, 0.2) is 24.3 Å². The highest BCUT2D eigenvalue weighted by Crippen LogP contribution is 2.23. The molecule has 1 aromatic carbocycles. The third kappa shape index (κ3) is 6.27. The quantitative estimate of drug-likeness (QED) is 0.675. The van der Waals surface area contributed by atoms with Gasteiger partial charge in [0, 0.05) is 25.8 Å². The van der Waals surface area contributed by atoms with Crippen molar-refractivity contribution < 1.29 is 14.3 Å². The van der Waals surface area contributed by atoms with Crippen molar-refractivity contribution in [2.24, 2.45) is 5.92 Å². The van der Waals surface area contributed by atoms with Crippen LogP contribution >= 0.6 is 12.4 Å². The van der Waals surface area contributed by atoms with Crippen LogP contribution in [0.5, 0.6) is 0 Å². The first kappa shape index (κ1) is 22.4. The van der Waals surface area contributed by atoms with Gasteiger partial charge in [0.2, 0.25) is 5.91 Å². The number of nitrogens with one attached hydrogen (secondary N) is 3. The molecule has 0 saturated carbocycles. The number of anilines is 1. The number of piperidine rings is 1. The third-order valence-electron chi connectivity index (χ3n) is 4.47. The Hall–Kier alpha value is -1.63. The second-order valence-corrected chi connectivity index (χ2v) is 6.98. The van der Waals surface area contributed by atoms with Gasteiger partial charge in [0.1, 0.15) is 5.60 Å². The minimum Gasteiger partial charge on any atom is -0.368 e. The lowest BCUT2D eigenvalue weighted by Gasteiger charge is -2.34. The Morgan fingerprint density at radius 2 is 1.96 bits per heavy atom. The van der Waals surface area contributed by atoms with Gasteiger partial charge >= 0.3 is 0 Å². The van der Waals surface area contributed by atoms with Gasteiger partial charge in [-0.25, -0.2) is 0 Å². The molecule has 3 N–H and O–H groups in total. The van der Waals surface area contributed by atoms with Crippen molar-refractivity contribution in [2.75, 3.05) is 25.5 Å². The van der Waals surface area contributed by atoms with Crippen LogP contribution in [-0.2, 0) is 20.9 Å². The van der Waals surface area contributed by atoms with Gasteiger partial charge in [0.15, 0.2) is 0 Å². The monoisotopic (exact) mass is 383 g/mol. The molecule has 1 aliphatic rings. The number of ether oxygens (including phenoxy) is 1. The molecular formula is C19H30ClN3O3. The van der Waals surface area contributed by atoms with E-state index in [0.29, 0.717) is 31.7 Å². The summed E-state index contributed by atoms with van der Waals surface area (Å²) in [4.78, 5) is 24.5. The number of benzene rings is 1. The molecule has 0 atom stereocenters. The van der Waals surface area contributed by atoms with Gasteiger partial charge in [-0.2, -0.15) is 0 Å². The average molecular weight is 384 g/mol. The number of amides is 2. The van der Waals surface area contributed by atoms with Gasteiger partial charge in [0.25, 0.3) is 5.91 Å². The summed E-state index contributed by atoms with van der Waals surface area (Å²) in [6.07, 6.45) is 1.83. The van der Waals surface area contributed by atoms with Crippen LogP contribution in [0.25, 0.3) is 0 Å². The molecule has 7 heteroatoms. The van der Waals surface area contributed by atoms with Gasteiger partial charge < -0.3 is 20.7 Å². The summed E-state index contributed by atoms with van der Waals surface area (Å²) in [6, 6.07) is 7.55. The Morgan fingerprint density at radius 3 is 2.58 bits per heavy atom. The van der Waals surface area contributed by atoms with Gasteiger partial charge in [-0.15, -0.1) is 12.4 Å². The van der Waals surface area contributed by atoms with Crippen LogP contribution in [-0.4, -0.2) is 37.6 Å². The molecule has 6 nitrogen and oxygen atoms in total. The van der Waals surface area contributed by atoms with Crippen molar-refractivity contribution in [2.45, 2.75) is 45.3 Å². The SMILES string of the molecule is COC1(C(=O)NCc2cccc(NC(=O)CC(C)C)c2)CCNCC1.Cl. The fourth-order valence-corrected chi connectivity index (χ4v) is 3.04. The molecular weight excluding hydrogens is 354 g/mol. The summed E-state index contributed by atoms with van der Waals surface area (Å²) >= 11 is 0. The maximum atomic E-state index is 12.6. The summed E-state index contributed by atoms with van der Waals surface area (Å²) in [5, 5.41) is 9.11. The highest BCUT2D eigenvalue weighted by Gasteiger charge is 2.39. The molecule has 0 unspecified atom stereocenters. The zero-order valence-corrected chi connectivity index (χ0v) is 16.6. The van der Waals surface area contributed by atoms with Crippen LogP contribution in [0.1, 0.15) is 38.7 Å². The van der Waals surface area contributed by atoms with E-state index in [-0.39, 0.29) is 24.2 Å². The van der Waals surface area contributed by atoms with Gasteiger partial charge in [-0.1, -0.05) is 26.0 Å². The second kappa shape index (κ2) is 10.5. The van der Waals surface area contributed by atoms with Crippen molar-refractivity contribution in [3.63, 3.8) is 0 Å². The van der Waals surface area contributed by atoms with Crippen LogP contribution in [0.3, 0.4) is 0 Å². The van der Waals surface area contributed by atoms with Gasteiger partial charge in [-0.3, -0.25) is 9.59 Å². The molecule has 1 aromatic rings. The maximum Gasteiger partial charge on any atom is 0.252 e. The standard InChI is InChI=1S/C19H29N3O3.ClH/c1-14(2)11-17(23)22-16-6-4-5-15(12-16)13-21-18(24)19(25-3)7-9-20-10-8-19;/h4-6,12,14,20H,7-11,13H2,1-3H3,(H,21,24)(H,22,23);1H. The van der Waals surface area contributed by atoms with E-state index in [0.717, 1.165) is 24.3 Å². The fourth-order valence-electron chi connectivity index (χ4n) is 3.04. The number of carbonyl (C=O) groups excluding carboxylic acids is 2. The van der Waals surface area contributed by atoms with Gasteiger partial charge in [0.05, 0.1) is 0 Å². The summed E-state index contributed by atoms with van der Waals surface area (Å²) in [5.74, 6) is 0.243. The van der Waals surface area contributed by atoms with Crippen molar-refractivity contribution in [1.29, 1.82) is 0 Å². The number of carbonyl (C=O) groups is 2. The molecule has 0 radical (unpaired) electrons. The predicted octanol–water partition coefficient (Wildman–Crippen LogP) is 2.48.